The Morgan fingerprint density at radius 1 is 0.818 bits per heavy atom. The van der Waals surface area contributed by atoms with Gasteiger partial charge in [-0.2, -0.15) is 0 Å². The van der Waals surface area contributed by atoms with Crippen molar-refractivity contribution in [1.29, 1.82) is 0 Å². The number of anilines is 4. The maximum absolute atomic E-state index is 13.2. The van der Waals surface area contributed by atoms with Crippen LogP contribution in [-0.2, 0) is 0 Å². The van der Waals surface area contributed by atoms with Gasteiger partial charge in [0.25, 0.3) is 0 Å². The second kappa shape index (κ2) is 6.22. The lowest BCUT2D eigenvalue weighted by Crippen LogP contribution is -1.98. The van der Waals surface area contributed by atoms with Crippen LogP contribution in [0, 0.1) is 12.7 Å². The van der Waals surface area contributed by atoms with Crippen molar-refractivity contribution >= 4 is 23.0 Å². The Morgan fingerprint density at radius 3 is 2.18 bits per heavy atom. The third-order valence-electron chi connectivity index (χ3n) is 3.09. The minimum absolute atomic E-state index is 0.294. The van der Waals surface area contributed by atoms with E-state index in [1.165, 1.54) is 24.0 Å². The highest BCUT2D eigenvalue weighted by atomic mass is 19.1. The maximum atomic E-state index is 13.2. The van der Waals surface area contributed by atoms with Gasteiger partial charge < -0.3 is 10.6 Å². The molecular formula is C17H15FN4. The van der Waals surface area contributed by atoms with Crippen LogP contribution < -0.4 is 10.6 Å². The van der Waals surface area contributed by atoms with Crippen molar-refractivity contribution in [2.24, 2.45) is 0 Å². The molecule has 3 aromatic rings. The number of halogens is 1. The largest absolute Gasteiger partial charge is 0.340 e. The number of aryl methyl sites for hydroxylation is 1. The predicted octanol–water partition coefficient (Wildman–Crippen LogP) is 4.41. The molecule has 0 bridgehead atoms. The molecule has 1 heterocycles. The fourth-order valence-corrected chi connectivity index (χ4v) is 1.99. The summed E-state index contributed by atoms with van der Waals surface area (Å²) in [6, 6.07) is 16.0. The van der Waals surface area contributed by atoms with Gasteiger partial charge in [0.2, 0.25) is 0 Å². The first kappa shape index (κ1) is 14.0. The summed E-state index contributed by atoms with van der Waals surface area (Å²) in [4.78, 5) is 8.32. The number of nitrogens with zero attached hydrogens (tertiary/aromatic N) is 2. The molecule has 0 atom stereocenters. The van der Waals surface area contributed by atoms with Crippen LogP contribution >= 0.6 is 0 Å². The summed E-state index contributed by atoms with van der Waals surface area (Å²) >= 11 is 0. The van der Waals surface area contributed by atoms with E-state index in [2.05, 4.69) is 20.6 Å². The van der Waals surface area contributed by atoms with Gasteiger partial charge in [-0.25, -0.2) is 14.4 Å². The third kappa shape index (κ3) is 3.58. The van der Waals surface area contributed by atoms with Crippen molar-refractivity contribution in [2.45, 2.75) is 6.92 Å². The summed E-state index contributed by atoms with van der Waals surface area (Å²) in [6.07, 6.45) is 1.46. The molecule has 0 aliphatic heterocycles. The Morgan fingerprint density at radius 2 is 1.50 bits per heavy atom. The van der Waals surface area contributed by atoms with Crippen molar-refractivity contribution in [3.05, 3.63) is 72.3 Å². The third-order valence-corrected chi connectivity index (χ3v) is 3.09. The van der Waals surface area contributed by atoms with E-state index >= 15 is 0 Å². The SMILES string of the molecule is Cc1ccc(Nc2cc(Nc3cccc(F)c3)ncn2)cc1. The lowest BCUT2D eigenvalue weighted by Gasteiger charge is -2.09. The molecule has 0 saturated heterocycles. The zero-order valence-electron chi connectivity index (χ0n) is 12.0. The fourth-order valence-electron chi connectivity index (χ4n) is 1.99. The molecule has 0 saturated carbocycles. The molecule has 0 aliphatic carbocycles. The van der Waals surface area contributed by atoms with Gasteiger partial charge in [-0.1, -0.05) is 23.8 Å². The number of hydrogen-bond donors (Lipinski definition) is 2. The zero-order valence-corrected chi connectivity index (χ0v) is 12.0. The molecular weight excluding hydrogens is 279 g/mol. The molecule has 4 nitrogen and oxygen atoms in total. The van der Waals surface area contributed by atoms with Gasteiger partial charge in [0.05, 0.1) is 0 Å². The zero-order chi connectivity index (χ0) is 15.4. The van der Waals surface area contributed by atoms with Gasteiger partial charge >= 0.3 is 0 Å². The number of rotatable bonds is 4. The molecule has 2 aromatic carbocycles. The molecule has 22 heavy (non-hydrogen) atoms. The summed E-state index contributed by atoms with van der Waals surface area (Å²) in [6.45, 7) is 2.04. The van der Waals surface area contributed by atoms with Crippen LogP contribution in [0.4, 0.5) is 27.4 Å². The van der Waals surface area contributed by atoms with Crippen LogP contribution in [0.2, 0.25) is 0 Å². The number of benzene rings is 2. The van der Waals surface area contributed by atoms with E-state index in [0.717, 1.165) is 5.69 Å². The lowest BCUT2D eigenvalue weighted by molar-refractivity contribution is 0.628. The molecule has 2 N–H and O–H groups in total. The van der Waals surface area contributed by atoms with Gasteiger partial charge in [-0.3, -0.25) is 0 Å². The van der Waals surface area contributed by atoms with Gasteiger partial charge in [0.1, 0.15) is 23.8 Å². The normalized spacial score (nSPS) is 10.3. The second-order valence-corrected chi connectivity index (χ2v) is 4.91. The van der Waals surface area contributed by atoms with Gasteiger partial charge in [0, 0.05) is 17.4 Å². The van der Waals surface area contributed by atoms with Gasteiger partial charge in [0.15, 0.2) is 0 Å². The van der Waals surface area contributed by atoms with E-state index in [9.17, 15) is 4.39 Å². The first-order valence-electron chi connectivity index (χ1n) is 6.87. The second-order valence-electron chi connectivity index (χ2n) is 4.91. The fraction of sp³-hybridized carbons (Fsp3) is 0.0588. The summed E-state index contributed by atoms with van der Waals surface area (Å²) in [5.74, 6) is 0.963. The smallest absolute Gasteiger partial charge is 0.135 e. The Labute approximate surface area is 128 Å². The van der Waals surface area contributed by atoms with Crippen LogP contribution in [0.15, 0.2) is 60.9 Å². The summed E-state index contributed by atoms with van der Waals surface area (Å²) in [5.41, 5.74) is 2.78. The van der Waals surface area contributed by atoms with Crippen LogP contribution in [0.1, 0.15) is 5.56 Å². The van der Waals surface area contributed by atoms with Crippen LogP contribution in [0.25, 0.3) is 0 Å². The molecule has 1 aromatic heterocycles. The highest BCUT2D eigenvalue weighted by molar-refractivity contribution is 5.62. The summed E-state index contributed by atoms with van der Waals surface area (Å²) in [5, 5.41) is 6.25. The topological polar surface area (TPSA) is 49.8 Å². The van der Waals surface area contributed by atoms with Crippen LogP contribution in [0.5, 0.6) is 0 Å². The Kier molecular flexibility index (Phi) is 3.96. The predicted molar refractivity (Wildman–Crippen MR) is 86.2 cm³/mol. The molecule has 0 aliphatic rings. The van der Waals surface area contributed by atoms with E-state index in [1.807, 2.05) is 31.2 Å². The van der Waals surface area contributed by atoms with Crippen molar-refractivity contribution in [3.63, 3.8) is 0 Å². The number of aromatic nitrogens is 2. The summed E-state index contributed by atoms with van der Waals surface area (Å²) < 4.78 is 13.2. The summed E-state index contributed by atoms with van der Waals surface area (Å²) in [7, 11) is 0. The highest BCUT2D eigenvalue weighted by Gasteiger charge is 2.01. The van der Waals surface area contributed by atoms with Crippen molar-refractivity contribution in [2.75, 3.05) is 10.6 Å². The molecule has 0 fully saturated rings. The van der Waals surface area contributed by atoms with Gasteiger partial charge in [-0.05, 0) is 37.3 Å². The minimum Gasteiger partial charge on any atom is -0.340 e. The van der Waals surface area contributed by atoms with Crippen molar-refractivity contribution < 1.29 is 4.39 Å². The van der Waals surface area contributed by atoms with Gasteiger partial charge in [-0.15, -0.1) is 0 Å². The van der Waals surface area contributed by atoms with Crippen LogP contribution in [0.3, 0.4) is 0 Å². The number of nitrogens with one attached hydrogen (secondary N) is 2. The molecule has 3 rings (SSSR count). The van der Waals surface area contributed by atoms with E-state index in [4.69, 9.17) is 0 Å². The average Bonchev–Trinajstić information content (AvgIpc) is 2.50. The van der Waals surface area contributed by atoms with Crippen molar-refractivity contribution in [3.8, 4) is 0 Å². The molecule has 0 radical (unpaired) electrons. The molecule has 110 valence electrons. The minimum atomic E-state index is -0.294. The first-order chi connectivity index (χ1) is 10.7. The molecule has 5 heteroatoms. The van der Waals surface area contributed by atoms with E-state index in [-0.39, 0.29) is 5.82 Å². The molecule has 0 amide bonds. The average molecular weight is 294 g/mol. The monoisotopic (exact) mass is 294 g/mol. The quantitative estimate of drug-likeness (QED) is 0.748. The first-order valence-corrected chi connectivity index (χ1v) is 6.87. The highest BCUT2D eigenvalue weighted by Crippen LogP contribution is 2.19. The maximum Gasteiger partial charge on any atom is 0.135 e. The molecule has 0 unspecified atom stereocenters. The lowest BCUT2D eigenvalue weighted by atomic mass is 10.2. The Balaban J connectivity index is 1.76. The van der Waals surface area contributed by atoms with E-state index in [0.29, 0.717) is 17.3 Å². The van der Waals surface area contributed by atoms with E-state index < -0.39 is 0 Å². The Bertz CT molecular complexity index is 772. The standard InChI is InChI=1S/C17H15FN4/c1-12-5-7-14(8-6-12)21-16-10-17(20-11-19-16)22-15-4-2-3-13(18)9-15/h2-11H,1H3,(H2,19,20,21,22). The van der Waals surface area contributed by atoms with Crippen LogP contribution in [-0.4, -0.2) is 9.97 Å². The number of hydrogen-bond acceptors (Lipinski definition) is 4. The molecule has 0 spiro atoms. The Hall–Kier alpha value is -2.95. The van der Waals surface area contributed by atoms with Crippen molar-refractivity contribution in [1.82, 2.24) is 9.97 Å². The van der Waals surface area contributed by atoms with E-state index in [1.54, 1.807) is 18.2 Å².